The van der Waals surface area contributed by atoms with Gasteiger partial charge < -0.3 is 10.1 Å². The Labute approximate surface area is 95.1 Å². The SMILES string of the molecule is CC(C)(C)OC(=O)N1C[C@@H]2CNC[C@@H]2C1=O. The highest BCUT2D eigenvalue weighted by atomic mass is 16.6. The number of amides is 2. The molecule has 2 amide bonds. The number of imide groups is 1. The van der Waals surface area contributed by atoms with E-state index in [0.29, 0.717) is 13.1 Å². The monoisotopic (exact) mass is 226 g/mol. The number of carbonyl (C=O) groups is 2. The molecule has 0 aromatic rings. The van der Waals surface area contributed by atoms with Crippen LogP contribution in [0.4, 0.5) is 4.79 Å². The van der Waals surface area contributed by atoms with Crippen LogP contribution in [0.1, 0.15) is 20.8 Å². The fraction of sp³-hybridized carbons (Fsp3) is 0.818. The number of nitrogens with one attached hydrogen (secondary N) is 1. The third-order valence-corrected chi connectivity index (χ3v) is 2.95. The van der Waals surface area contributed by atoms with Gasteiger partial charge in [0.15, 0.2) is 0 Å². The molecule has 0 saturated carbocycles. The standard InChI is InChI=1S/C11H18N2O3/c1-11(2,3)16-10(15)13-6-7-4-12-5-8(7)9(13)14/h7-8,12H,4-6H2,1-3H3/t7-,8-/m0/s1. The number of hydrogen-bond acceptors (Lipinski definition) is 4. The molecule has 2 aliphatic heterocycles. The van der Waals surface area contributed by atoms with Gasteiger partial charge in [0, 0.05) is 25.6 Å². The van der Waals surface area contributed by atoms with Gasteiger partial charge in [0.05, 0.1) is 5.92 Å². The van der Waals surface area contributed by atoms with Crippen LogP contribution in [0.5, 0.6) is 0 Å². The Morgan fingerprint density at radius 1 is 1.44 bits per heavy atom. The molecule has 0 aromatic heterocycles. The zero-order valence-corrected chi connectivity index (χ0v) is 9.95. The molecule has 0 spiro atoms. The van der Waals surface area contributed by atoms with E-state index >= 15 is 0 Å². The van der Waals surface area contributed by atoms with E-state index in [4.69, 9.17) is 4.74 Å². The molecule has 90 valence electrons. The molecule has 2 atom stereocenters. The van der Waals surface area contributed by atoms with Gasteiger partial charge in [0.25, 0.3) is 0 Å². The summed E-state index contributed by atoms with van der Waals surface area (Å²) in [5.74, 6) is 0.136. The van der Waals surface area contributed by atoms with Crippen molar-refractivity contribution in [3.8, 4) is 0 Å². The van der Waals surface area contributed by atoms with Gasteiger partial charge in [-0.15, -0.1) is 0 Å². The van der Waals surface area contributed by atoms with Crippen molar-refractivity contribution in [2.45, 2.75) is 26.4 Å². The van der Waals surface area contributed by atoms with Crippen molar-refractivity contribution in [2.24, 2.45) is 11.8 Å². The molecule has 0 aliphatic carbocycles. The smallest absolute Gasteiger partial charge is 0.417 e. The van der Waals surface area contributed by atoms with Crippen molar-refractivity contribution < 1.29 is 14.3 Å². The molecule has 2 rings (SSSR count). The zero-order valence-electron chi connectivity index (χ0n) is 9.95. The van der Waals surface area contributed by atoms with Crippen LogP contribution in [-0.2, 0) is 9.53 Å². The van der Waals surface area contributed by atoms with Crippen molar-refractivity contribution in [3.63, 3.8) is 0 Å². The summed E-state index contributed by atoms with van der Waals surface area (Å²) in [5.41, 5.74) is -0.548. The van der Waals surface area contributed by atoms with Gasteiger partial charge in [-0.2, -0.15) is 0 Å². The molecule has 2 heterocycles. The van der Waals surface area contributed by atoms with Crippen molar-refractivity contribution in [1.82, 2.24) is 10.2 Å². The Bertz CT molecular complexity index is 322. The Kier molecular flexibility index (Phi) is 2.66. The quantitative estimate of drug-likeness (QED) is 0.657. The molecule has 0 radical (unpaired) electrons. The molecule has 5 nitrogen and oxygen atoms in total. The molecular weight excluding hydrogens is 208 g/mol. The number of fused-ring (bicyclic) bond motifs is 1. The summed E-state index contributed by atoms with van der Waals surface area (Å²) in [7, 11) is 0. The normalized spacial score (nSPS) is 29.4. The van der Waals surface area contributed by atoms with Crippen LogP contribution in [-0.4, -0.2) is 42.1 Å². The molecule has 2 saturated heterocycles. The average molecular weight is 226 g/mol. The van der Waals surface area contributed by atoms with Crippen molar-refractivity contribution >= 4 is 12.0 Å². The summed E-state index contributed by atoms with van der Waals surface area (Å²) < 4.78 is 5.20. The summed E-state index contributed by atoms with van der Waals surface area (Å²) in [5, 5.41) is 3.16. The van der Waals surface area contributed by atoms with Gasteiger partial charge in [-0.25, -0.2) is 9.69 Å². The summed E-state index contributed by atoms with van der Waals surface area (Å²) >= 11 is 0. The lowest BCUT2D eigenvalue weighted by molar-refractivity contribution is -0.130. The first kappa shape index (κ1) is 11.4. The van der Waals surface area contributed by atoms with Crippen LogP contribution in [0.2, 0.25) is 0 Å². The highest BCUT2D eigenvalue weighted by molar-refractivity contribution is 5.95. The van der Waals surface area contributed by atoms with E-state index in [-0.39, 0.29) is 17.7 Å². The van der Waals surface area contributed by atoms with Crippen molar-refractivity contribution in [2.75, 3.05) is 19.6 Å². The maximum absolute atomic E-state index is 11.9. The molecule has 0 bridgehead atoms. The largest absolute Gasteiger partial charge is 0.443 e. The molecular formula is C11H18N2O3. The van der Waals surface area contributed by atoms with Crippen LogP contribution in [0.15, 0.2) is 0 Å². The first-order valence-electron chi connectivity index (χ1n) is 5.63. The van der Waals surface area contributed by atoms with Crippen LogP contribution in [0, 0.1) is 11.8 Å². The fourth-order valence-electron chi connectivity index (χ4n) is 2.22. The molecule has 5 heteroatoms. The minimum atomic E-state index is -0.548. The predicted octanol–water partition coefficient (Wildman–Crippen LogP) is 0.599. The summed E-state index contributed by atoms with van der Waals surface area (Å²) in [6.45, 7) is 7.39. The topological polar surface area (TPSA) is 58.6 Å². The van der Waals surface area contributed by atoms with Gasteiger partial charge in [-0.3, -0.25) is 4.79 Å². The molecule has 2 aliphatic rings. The van der Waals surface area contributed by atoms with Gasteiger partial charge in [0.2, 0.25) is 5.91 Å². The third kappa shape index (κ3) is 2.04. The van der Waals surface area contributed by atoms with Crippen LogP contribution >= 0.6 is 0 Å². The van der Waals surface area contributed by atoms with Crippen LogP contribution in [0.25, 0.3) is 0 Å². The minimum absolute atomic E-state index is 0.0347. The van der Waals surface area contributed by atoms with E-state index < -0.39 is 11.7 Å². The van der Waals surface area contributed by atoms with Crippen molar-refractivity contribution in [3.05, 3.63) is 0 Å². The number of rotatable bonds is 0. The molecule has 0 aromatic carbocycles. The van der Waals surface area contributed by atoms with E-state index in [9.17, 15) is 9.59 Å². The second kappa shape index (κ2) is 3.73. The zero-order chi connectivity index (χ0) is 11.9. The highest BCUT2D eigenvalue weighted by Crippen LogP contribution is 2.28. The first-order valence-corrected chi connectivity index (χ1v) is 5.63. The number of nitrogens with zero attached hydrogens (tertiary/aromatic N) is 1. The van der Waals surface area contributed by atoms with E-state index in [0.717, 1.165) is 6.54 Å². The second-order valence-electron chi connectivity index (χ2n) is 5.45. The van der Waals surface area contributed by atoms with Gasteiger partial charge in [-0.1, -0.05) is 0 Å². The lowest BCUT2D eigenvalue weighted by atomic mass is 10.0. The lowest BCUT2D eigenvalue weighted by Crippen LogP contribution is -2.40. The Hall–Kier alpha value is -1.10. The number of ether oxygens (including phenoxy) is 1. The van der Waals surface area contributed by atoms with Crippen molar-refractivity contribution in [1.29, 1.82) is 0 Å². The number of hydrogen-bond donors (Lipinski definition) is 1. The maximum atomic E-state index is 11.9. The molecule has 16 heavy (non-hydrogen) atoms. The molecule has 1 N–H and O–H groups in total. The van der Waals surface area contributed by atoms with E-state index in [1.165, 1.54) is 4.90 Å². The van der Waals surface area contributed by atoms with E-state index in [1.807, 2.05) is 0 Å². The Morgan fingerprint density at radius 3 is 2.69 bits per heavy atom. The summed E-state index contributed by atoms with van der Waals surface area (Å²) in [6, 6.07) is 0. The van der Waals surface area contributed by atoms with Crippen LogP contribution < -0.4 is 5.32 Å². The first-order chi connectivity index (χ1) is 7.38. The third-order valence-electron chi connectivity index (χ3n) is 2.95. The maximum Gasteiger partial charge on any atom is 0.417 e. The summed E-state index contributed by atoms with van der Waals surface area (Å²) in [4.78, 5) is 24.9. The number of carbonyl (C=O) groups excluding carboxylic acids is 2. The molecule has 2 fully saturated rings. The fourth-order valence-corrected chi connectivity index (χ4v) is 2.22. The van der Waals surface area contributed by atoms with Gasteiger partial charge in [-0.05, 0) is 20.8 Å². The lowest BCUT2D eigenvalue weighted by Gasteiger charge is -2.23. The van der Waals surface area contributed by atoms with Gasteiger partial charge in [0.1, 0.15) is 5.60 Å². The molecule has 0 unspecified atom stereocenters. The highest BCUT2D eigenvalue weighted by Gasteiger charge is 2.46. The Balaban J connectivity index is 2.02. The Morgan fingerprint density at radius 2 is 2.12 bits per heavy atom. The van der Waals surface area contributed by atoms with E-state index in [2.05, 4.69) is 5.32 Å². The number of likely N-dealkylation sites (tertiary alicyclic amines) is 1. The van der Waals surface area contributed by atoms with Crippen LogP contribution in [0.3, 0.4) is 0 Å². The second-order valence-corrected chi connectivity index (χ2v) is 5.45. The predicted molar refractivity (Wildman–Crippen MR) is 57.8 cm³/mol. The van der Waals surface area contributed by atoms with Gasteiger partial charge >= 0.3 is 6.09 Å². The minimum Gasteiger partial charge on any atom is -0.443 e. The summed E-state index contributed by atoms with van der Waals surface area (Å²) in [6.07, 6.45) is -0.508. The average Bonchev–Trinajstić information content (AvgIpc) is 2.66. The van der Waals surface area contributed by atoms with E-state index in [1.54, 1.807) is 20.8 Å².